The Morgan fingerprint density at radius 1 is 1.17 bits per heavy atom. The first-order valence-corrected chi connectivity index (χ1v) is 12.3. The fraction of sp³-hybridized carbons (Fsp3) is 0.458. The fourth-order valence-electron chi connectivity index (χ4n) is 4.52. The third kappa shape index (κ3) is 6.14. The second-order valence-corrected chi connectivity index (χ2v) is 10.0. The first kappa shape index (κ1) is 25.0. The van der Waals surface area contributed by atoms with Crippen molar-refractivity contribution in [2.24, 2.45) is 5.92 Å². The van der Waals surface area contributed by atoms with Crippen molar-refractivity contribution in [1.82, 2.24) is 14.5 Å². The van der Waals surface area contributed by atoms with Crippen LogP contribution in [-0.4, -0.2) is 43.3 Å². The predicted octanol–water partition coefficient (Wildman–Crippen LogP) is 5.85. The molecule has 188 valence electrons. The van der Waals surface area contributed by atoms with Crippen LogP contribution in [0.4, 0.5) is 18.0 Å². The van der Waals surface area contributed by atoms with Gasteiger partial charge in [0.1, 0.15) is 10.5 Å². The molecule has 35 heavy (non-hydrogen) atoms. The number of carbonyl (C=O) groups is 2. The Morgan fingerprint density at radius 3 is 2.57 bits per heavy atom. The Kier molecular flexibility index (Phi) is 7.34. The lowest BCUT2D eigenvalue weighted by Crippen LogP contribution is -2.36. The van der Waals surface area contributed by atoms with Crippen LogP contribution in [-0.2, 0) is 30.5 Å². The zero-order valence-corrected chi connectivity index (χ0v) is 19.7. The number of carboxylic acid groups (broad SMARTS) is 2. The van der Waals surface area contributed by atoms with Gasteiger partial charge in [-0.15, -0.1) is 11.3 Å². The second kappa shape index (κ2) is 10.3. The molecule has 0 spiro atoms. The molecule has 3 aromatic rings. The highest BCUT2D eigenvalue weighted by molar-refractivity contribution is 7.12. The zero-order chi connectivity index (χ0) is 25.2. The maximum atomic E-state index is 13.0. The number of thiophene rings is 1. The van der Waals surface area contributed by atoms with Crippen molar-refractivity contribution >= 4 is 34.4 Å². The van der Waals surface area contributed by atoms with Gasteiger partial charge in [0.25, 0.3) is 0 Å². The quantitative estimate of drug-likeness (QED) is 0.435. The molecule has 4 heterocycles. The minimum Gasteiger partial charge on any atom is -0.450 e. The maximum absolute atomic E-state index is 13.0. The summed E-state index contributed by atoms with van der Waals surface area (Å²) in [6.07, 6.45) is 1.53. The molecule has 0 radical (unpaired) electrons. The molecule has 1 aliphatic carbocycles. The normalized spacial score (nSPS) is 15.5. The Hall–Kier alpha value is -3.08. The summed E-state index contributed by atoms with van der Waals surface area (Å²) in [6.45, 7) is 1.50. The summed E-state index contributed by atoms with van der Waals surface area (Å²) in [5, 5.41) is 15.0. The lowest BCUT2D eigenvalue weighted by molar-refractivity contribution is -0.134. The highest BCUT2D eigenvalue weighted by Crippen LogP contribution is 2.37. The Bertz CT molecular complexity index is 1210. The van der Waals surface area contributed by atoms with Crippen LogP contribution in [0.2, 0.25) is 0 Å². The predicted molar refractivity (Wildman–Crippen MR) is 125 cm³/mol. The van der Waals surface area contributed by atoms with Gasteiger partial charge in [0.05, 0.1) is 13.1 Å². The summed E-state index contributed by atoms with van der Waals surface area (Å²) < 4.78 is 41.1. The van der Waals surface area contributed by atoms with E-state index >= 15 is 0 Å². The molecule has 7 nitrogen and oxygen atoms in total. The van der Waals surface area contributed by atoms with Gasteiger partial charge in [-0.2, -0.15) is 13.2 Å². The number of alkyl halides is 3. The monoisotopic (exact) mass is 509 g/mol. The van der Waals surface area contributed by atoms with E-state index in [1.165, 1.54) is 18.9 Å². The van der Waals surface area contributed by atoms with Crippen LogP contribution < -0.4 is 0 Å². The molecule has 0 unspecified atom stereocenters. The standard InChI is InChI=1S/C23H24F3N3OS.CH2O3/c24-23(25,26)20-9-8-16(31-20)13-29-19-14-28(21(30)5-1-3-15-6-7-15)12-10-17(19)18-4-2-11-27-22(18)29;2-1(3)4/h2,4,8-9,11,15H,1,3,5-7,10,12-14H2;(H2,2,3,4). The minimum absolute atomic E-state index is 0.173. The van der Waals surface area contributed by atoms with Gasteiger partial charge in [0, 0.05) is 35.1 Å². The van der Waals surface area contributed by atoms with Gasteiger partial charge in [0.15, 0.2) is 0 Å². The van der Waals surface area contributed by atoms with E-state index in [4.69, 9.17) is 15.0 Å². The summed E-state index contributed by atoms with van der Waals surface area (Å²) in [7, 11) is 0. The number of hydrogen-bond acceptors (Lipinski definition) is 4. The lowest BCUT2D eigenvalue weighted by Gasteiger charge is -2.28. The number of halogens is 3. The number of carbonyl (C=O) groups excluding carboxylic acids is 1. The first-order valence-electron chi connectivity index (χ1n) is 11.4. The number of nitrogens with zero attached hydrogens (tertiary/aromatic N) is 3. The Balaban J connectivity index is 0.000000672. The van der Waals surface area contributed by atoms with E-state index in [2.05, 4.69) is 4.98 Å². The summed E-state index contributed by atoms with van der Waals surface area (Å²) in [4.78, 5) is 27.8. The highest BCUT2D eigenvalue weighted by atomic mass is 32.1. The summed E-state index contributed by atoms with van der Waals surface area (Å²) in [5.74, 6) is 0.994. The third-order valence-electron chi connectivity index (χ3n) is 6.32. The van der Waals surface area contributed by atoms with Crippen LogP contribution in [0.5, 0.6) is 0 Å². The van der Waals surface area contributed by atoms with E-state index in [0.29, 0.717) is 30.9 Å². The smallest absolute Gasteiger partial charge is 0.450 e. The Morgan fingerprint density at radius 2 is 1.91 bits per heavy atom. The Labute approximate surface area is 203 Å². The minimum atomic E-state index is -4.33. The lowest BCUT2D eigenvalue weighted by atomic mass is 10.0. The SMILES string of the molecule is O=C(CCCC1CC1)N1CCc2c(n(Cc3ccc(C(F)(F)F)s3)c3ncccc23)C1.O=C(O)O. The van der Waals surface area contributed by atoms with E-state index in [0.717, 1.165) is 64.9 Å². The van der Waals surface area contributed by atoms with Crippen molar-refractivity contribution in [2.75, 3.05) is 6.54 Å². The molecule has 0 bridgehead atoms. The van der Waals surface area contributed by atoms with Crippen LogP contribution in [0.3, 0.4) is 0 Å². The van der Waals surface area contributed by atoms with Crippen LogP contribution in [0.25, 0.3) is 11.0 Å². The molecular weight excluding hydrogens is 483 g/mol. The maximum Gasteiger partial charge on any atom is 0.503 e. The molecule has 1 fully saturated rings. The largest absolute Gasteiger partial charge is 0.503 e. The molecule has 0 saturated heterocycles. The van der Waals surface area contributed by atoms with E-state index in [-0.39, 0.29) is 5.91 Å². The number of fused-ring (bicyclic) bond motifs is 3. The van der Waals surface area contributed by atoms with Gasteiger partial charge >= 0.3 is 12.3 Å². The molecule has 0 aromatic carbocycles. The third-order valence-corrected chi connectivity index (χ3v) is 7.44. The number of pyridine rings is 1. The van der Waals surface area contributed by atoms with Crippen molar-refractivity contribution in [2.45, 2.75) is 57.8 Å². The van der Waals surface area contributed by atoms with Gasteiger partial charge in [-0.3, -0.25) is 4.79 Å². The van der Waals surface area contributed by atoms with Gasteiger partial charge in [-0.1, -0.05) is 12.8 Å². The molecule has 1 amide bonds. The van der Waals surface area contributed by atoms with Crippen molar-refractivity contribution in [3.05, 3.63) is 51.5 Å². The molecule has 1 saturated carbocycles. The van der Waals surface area contributed by atoms with Crippen molar-refractivity contribution in [1.29, 1.82) is 0 Å². The van der Waals surface area contributed by atoms with Crippen LogP contribution >= 0.6 is 11.3 Å². The average molecular weight is 510 g/mol. The zero-order valence-electron chi connectivity index (χ0n) is 18.9. The van der Waals surface area contributed by atoms with Crippen LogP contribution in [0.1, 0.15) is 53.1 Å². The highest BCUT2D eigenvalue weighted by Gasteiger charge is 2.33. The molecular formula is C24H26F3N3O4S. The number of aromatic nitrogens is 2. The molecule has 2 aliphatic rings. The summed E-state index contributed by atoms with van der Waals surface area (Å²) >= 11 is 0.770. The van der Waals surface area contributed by atoms with Crippen molar-refractivity contribution < 1.29 is 33.0 Å². The van der Waals surface area contributed by atoms with Gasteiger partial charge in [-0.25, -0.2) is 9.78 Å². The van der Waals surface area contributed by atoms with Crippen LogP contribution in [0.15, 0.2) is 30.5 Å². The molecule has 2 N–H and O–H groups in total. The van der Waals surface area contributed by atoms with E-state index in [1.807, 2.05) is 21.6 Å². The summed E-state index contributed by atoms with van der Waals surface area (Å²) in [5.41, 5.74) is 2.94. The first-order chi connectivity index (χ1) is 16.6. The molecule has 11 heteroatoms. The molecule has 0 atom stereocenters. The second-order valence-electron chi connectivity index (χ2n) is 8.83. The summed E-state index contributed by atoms with van der Waals surface area (Å²) in [6, 6.07) is 6.58. The van der Waals surface area contributed by atoms with E-state index < -0.39 is 17.2 Å². The average Bonchev–Trinajstić information content (AvgIpc) is 3.40. The van der Waals surface area contributed by atoms with Gasteiger partial charge in [-0.05, 0) is 55.0 Å². The van der Waals surface area contributed by atoms with Crippen LogP contribution in [0, 0.1) is 5.92 Å². The fourth-order valence-corrected chi connectivity index (χ4v) is 5.39. The molecule has 1 aliphatic heterocycles. The van der Waals surface area contributed by atoms with E-state index in [1.54, 1.807) is 6.20 Å². The number of rotatable bonds is 6. The van der Waals surface area contributed by atoms with Crippen molar-refractivity contribution in [3.63, 3.8) is 0 Å². The number of amides is 1. The van der Waals surface area contributed by atoms with E-state index in [9.17, 15) is 18.0 Å². The van der Waals surface area contributed by atoms with Gasteiger partial charge in [0.2, 0.25) is 5.91 Å². The van der Waals surface area contributed by atoms with Crippen molar-refractivity contribution in [3.8, 4) is 0 Å². The van der Waals surface area contributed by atoms with Gasteiger partial charge < -0.3 is 19.7 Å². The molecule has 5 rings (SSSR count). The number of hydrogen-bond donors (Lipinski definition) is 2. The topological polar surface area (TPSA) is 95.7 Å². The molecule has 3 aromatic heterocycles.